The highest BCUT2D eigenvalue weighted by atomic mass is 79.9. The summed E-state index contributed by atoms with van der Waals surface area (Å²) in [7, 11) is 0. The molecule has 2 atom stereocenters. The number of nitrogen functional groups attached to an aromatic ring is 1. The molecule has 0 spiro atoms. The van der Waals surface area contributed by atoms with Crippen molar-refractivity contribution >= 4 is 33.6 Å². The van der Waals surface area contributed by atoms with E-state index >= 15 is 0 Å². The summed E-state index contributed by atoms with van der Waals surface area (Å²) >= 11 is 5.10. The maximum absolute atomic E-state index is 11.3. The lowest BCUT2D eigenvalue weighted by atomic mass is 10.1. The van der Waals surface area contributed by atoms with Crippen LogP contribution in [0.4, 0.5) is 0 Å². The van der Waals surface area contributed by atoms with Crippen molar-refractivity contribution in [3.8, 4) is 0 Å². The number of nitrogens with two attached hydrogens (primary N) is 1. The number of benzene rings is 1. The van der Waals surface area contributed by atoms with Gasteiger partial charge in [-0.05, 0) is 24.6 Å². The second kappa shape index (κ2) is 7.13. The van der Waals surface area contributed by atoms with Gasteiger partial charge in [0.25, 0.3) is 5.91 Å². The van der Waals surface area contributed by atoms with E-state index < -0.39 is 0 Å². The predicted molar refractivity (Wildman–Crippen MR) is 78.2 cm³/mol. The molecule has 0 heterocycles. The molecule has 1 aromatic rings. The number of halogens is 1. The van der Waals surface area contributed by atoms with Gasteiger partial charge in [-0.25, -0.2) is 5.84 Å². The fourth-order valence-electron chi connectivity index (χ4n) is 1.25. The predicted octanol–water partition coefficient (Wildman–Crippen LogP) is 2.06. The van der Waals surface area contributed by atoms with E-state index in [2.05, 4.69) is 21.4 Å². The first-order chi connectivity index (χ1) is 8.45. The molecule has 0 aliphatic rings. The van der Waals surface area contributed by atoms with Gasteiger partial charge in [-0.2, -0.15) is 11.8 Å². The van der Waals surface area contributed by atoms with Crippen molar-refractivity contribution in [3.05, 3.63) is 33.8 Å². The number of hydrogen-bond donors (Lipinski definition) is 3. The third-order valence-electron chi connectivity index (χ3n) is 2.63. The van der Waals surface area contributed by atoms with Crippen LogP contribution in [-0.4, -0.2) is 22.4 Å². The molecule has 2 unspecified atom stereocenters. The zero-order valence-electron chi connectivity index (χ0n) is 10.3. The molecular weight excluding hydrogens is 316 g/mol. The van der Waals surface area contributed by atoms with Crippen LogP contribution in [0.2, 0.25) is 0 Å². The molecule has 6 heteroatoms. The van der Waals surface area contributed by atoms with Gasteiger partial charge in [0.05, 0.1) is 6.10 Å². The fraction of sp³-hybridized carbons (Fsp3) is 0.417. The van der Waals surface area contributed by atoms with Crippen molar-refractivity contribution in [1.29, 1.82) is 0 Å². The molecule has 0 aromatic heterocycles. The maximum atomic E-state index is 11.3. The number of nitrogens with one attached hydrogen (secondary N) is 1. The zero-order chi connectivity index (χ0) is 13.7. The minimum atomic E-state index is -0.337. The Morgan fingerprint density at radius 3 is 2.72 bits per heavy atom. The summed E-state index contributed by atoms with van der Waals surface area (Å²) in [6.07, 6.45) is -0.337. The summed E-state index contributed by atoms with van der Waals surface area (Å²) in [6.45, 7) is 3.76. The smallest absolute Gasteiger partial charge is 0.265 e. The number of aliphatic hydroxyl groups excluding tert-OH is 1. The highest BCUT2D eigenvalue weighted by Gasteiger charge is 2.11. The van der Waals surface area contributed by atoms with Gasteiger partial charge >= 0.3 is 0 Å². The topological polar surface area (TPSA) is 75.3 Å². The van der Waals surface area contributed by atoms with Gasteiger partial charge in [0.2, 0.25) is 0 Å². The lowest BCUT2D eigenvalue weighted by Crippen LogP contribution is -2.29. The number of aliphatic hydroxyl groups is 1. The Morgan fingerprint density at radius 2 is 2.22 bits per heavy atom. The molecule has 0 fully saturated rings. The monoisotopic (exact) mass is 332 g/mol. The zero-order valence-corrected chi connectivity index (χ0v) is 12.7. The average Bonchev–Trinajstić information content (AvgIpc) is 2.35. The van der Waals surface area contributed by atoms with E-state index in [9.17, 15) is 9.90 Å². The Balaban J connectivity index is 2.71. The van der Waals surface area contributed by atoms with Crippen molar-refractivity contribution in [2.75, 3.05) is 0 Å². The molecule has 0 bridgehead atoms. The first-order valence-corrected chi connectivity index (χ1v) is 7.39. The number of hydrogen-bond acceptors (Lipinski definition) is 4. The molecule has 1 amide bonds. The molecule has 0 saturated carbocycles. The quantitative estimate of drug-likeness (QED) is 0.438. The van der Waals surface area contributed by atoms with Gasteiger partial charge in [0.15, 0.2) is 0 Å². The van der Waals surface area contributed by atoms with E-state index in [1.165, 1.54) is 0 Å². The summed E-state index contributed by atoms with van der Waals surface area (Å²) in [4.78, 5) is 11.3. The van der Waals surface area contributed by atoms with E-state index in [0.29, 0.717) is 5.56 Å². The minimum absolute atomic E-state index is 0.170. The molecule has 1 aromatic carbocycles. The lowest BCUT2D eigenvalue weighted by Gasteiger charge is -2.14. The number of amides is 1. The van der Waals surface area contributed by atoms with Crippen molar-refractivity contribution in [2.24, 2.45) is 5.84 Å². The number of hydrazine groups is 1. The van der Waals surface area contributed by atoms with Crippen LogP contribution < -0.4 is 11.3 Å². The van der Waals surface area contributed by atoms with Gasteiger partial charge in [0, 0.05) is 21.0 Å². The normalized spacial score (nSPS) is 14.1. The van der Waals surface area contributed by atoms with Gasteiger partial charge < -0.3 is 5.11 Å². The van der Waals surface area contributed by atoms with Crippen LogP contribution in [0.25, 0.3) is 0 Å². The van der Waals surface area contributed by atoms with Gasteiger partial charge in [-0.15, -0.1) is 0 Å². The van der Waals surface area contributed by atoms with E-state index in [1.807, 2.05) is 13.0 Å². The molecule has 0 saturated heterocycles. The summed E-state index contributed by atoms with van der Waals surface area (Å²) < 4.78 is 0.869. The van der Waals surface area contributed by atoms with Crippen LogP contribution in [-0.2, 0) is 5.75 Å². The first kappa shape index (κ1) is 15.5. The third kappa shape index (κ3) is 4.28. The molecule has 100 valence electrons. The van der Waals surface area contributed by atoms with Crippen molar-refractivity contribution in [1.82, 2.24) is 5.43 Å². The number of rotatable bonds is 5. The van der Waals surface area contributed by atoms with Crippen LogP contribution >= 0.6 is 27.7 Å². The van der Waals surface area contributed by atoms with Gasteiger partial charge in [0.1, 0.15) is 0 Å². The Kier molecular flexibility index (Phi) is 6.14. The van der Waals surface area contributed by atoms with Crippen LogP contribution in [0.15, 0.2) is 22.7 Å². The van der Waals surface area contributed by atoms with Crippen LogP contribution in [0.3, 0.4) is 0 Å². The summed E-state index contributed by atoms with van der Waals surface area (Å²) in [5.74, 6) is 5.54. The largest absolute Gasteiger partial charge is 0.392 e. The molecule has 4 nitrogen and oxygen atoms in total. The van der Waals surface area contributed by atoms with E-state index in [0.717, 1.165) is 15.8 Å². The van der Waals surface area contributed by atoms with Crippen molar-refractivity contribution < 1.29 is 9.90 Å². The van der Waals surface area contributed by atoms with Crippen LogP contribution in [0.5, 0.6) is 0 Å². The molecule has 1 rings (SSSR count). The number of carbonyl (C=O) groups excluding carboxylic acids is 1. The molecule has 4 N–H and O–H groups in total. The van der Waals surface area contributed by atoms with E-state index in [1.54, 1.807) is 30.8 Å². The average molecular weight is 333 g/mol. The SMILES string of the molecule is CC(O)C(C)SCc1ccc(C(=O)NN)cc1Br. The Hall–Kier alpha value is -0.560. The lowest BCUT2D eigenvalue weighted by molar-refractivity contribution is 0.0953. The van der Waals surface area contributed by atoms with Crippen LogP contribution in [0.1, 0.15) is 29.8 Å². The summed E-state index contributed by atoms with van der Waals surface area (Å²) in [5, 5.41) is 9.59. The fourth-order valence-corrected chi connectivity index (χ4v) is 2.93. The second-order valence-electron chi connectivity index (χ2n) is 4.04. The highest BCUT2D eigenvalue weighted by Crippen LogP contribution is 2.26. The molecule has 0 aliphatic heterocycles. The number of carbonyl (C=O) groups is 1. The summed E-state index contributed by atoms with van der Waals surface area (Å²) in [6, 6.07) is 5.36. The molecular formula is C12H17BrN2O2S. The van der Waals surface area contributed by atoms with Crippen LogP contribution in [0, 0.1) is 0 Å². The molecule has 0 radical (unpaired) electrons. The third-order valence-corrected chi connectivity index (χ3v) is 4.76. The Labute approximate surface area is 119 Å². The second-order valence-corrected chi connectivity index (χ2v) is 6.26. The van der Waals surface area contributed by atoms with Gasteiger partial charge in [-0.3, -0.25) is 10.2 Å². The standard InChI is InChI=1S/C12H17BrN2O2S/c1-7(16)8(2)18-6-10-4-3-9(5-11(10)13)12(17)15-14/h3-5,7-8,16H,6,14H2,1-2H3,(H,15,17). The first-order valence-electron chi connectivity index (χ1n) is 5.54. The van der Waals surface area contributed by atoms with E-state index in [-0.39, 0.29) is 17.3 Å². The van der Waals surface area contributed by atoms with Crippen molar-refractivity contribution in [3.63, 3.8) is 0 Å². The Bertz CT molecular complexity index is 427. The molecule has 0 aliphatic carbocycles. The summed E-state index contributed by atoms with van der Waals surface area (Å²) in [5.41, 5.74) is 3.69. The highest BCUT2D eigenvalue weighted by molar-refractivity contribution is 9.10. The maximum Gasteiger partial charge on any atom is 0.265 e. The molecule has 18 heavy (non-hydrogen) atoms. The van der Waals surface area contributed by atoms with Gasteiger partial charge in [-0.1, -0.05) is 28.9 Å². The van der Waals surface area contributed by atoms with E-state index in [4.69, 9.17) is 5.84 Å². The van der Waals surface area contributed by atoms with Crippen molar-refractivity contribution in [2.45, 2.75) is 31.0 Å². The Morgan fingerprint density at radius 1 is 1.56 bits per heavy atom. The minimum Gasteiger partial charge on any atom is -0.392 e. The number of thioether (sulfide) groups is 1.